The SMILES string of the molecule is CCC(=O)Nc1ccc(-c2ccncc2)c(C)c1.O=C(O)C(F)(F)F. The van der Waals surface area contributed by atoms with Crippen LogP contribution in [0.5, 0.6) is 0 Å². The van der Waals surface area contributed by atoms with E-state index in [9.17, 15) is 18.0 Å². The number of carboxylic acid groups (broad SMARTS) is 1. The van der Waals surface area contributed by atoms with Gasteiger partial charge in [-0.05, 0) is 47.9 Å². The predicted molar refractivity (Wildman–Crippen MR) is 87.0 cm³/mol. The number of hydrogen-bond donors (Lipinski definition) is 2. The summed E-state index contributed by atoms with van der Waals surface area (Å²) in [6.07, 6.45) is -1.03. The Hall–Kier alpha value is -2.90. The Morgan fingerprint density at radius 2 is 1.72 bits per heavy atom. The maximum absolute atomic E-state index is 11.3. The summed E-state index contributed by atoms with van der Waals surface area (Å²) in [5.41, 5.74) is 4.27. The number of carboxylic acids is 1. The lowest BCUT2D eigenvalue weighted by Gasteiger charge is -2.09. The molecule has 0 aliphatic carbocycles. The van der Waals surface area contributed by atoms with Gasteiger partial charge in [-0.3, -0.25) is 9.78 Å². The average molecular weight is 354 g/mol. The van der Waals surface area contributed by atoms with Gasteiger partial charge < -0.3 is 10.4 Å². The highest BCUT2D eigenvalue weighted by atomic mass is 19.4. The predicted octanol–water partition coefficient (Wildman–Crippen LogP) is 4.04. The minimum Gasteiger partial charge on any atom is -0.475 e. The van der Waals surface area contributed by atoms with Gasteiger partial charge in [0.1, 0.15) is 0 Å². The molecule has 0 atom stereocenters. The van der Waals surface area contributed by atoms with Crippen molar-refractivity contribution in [2.45, 2.75) is 26.4 Å². The van der Waals surface area contributed by atoms with Gasteiger partial charge >= 0.3 is 12.1 Å². The van der Waals surface area contributed by atoms with Crippen molar-refractivity contribution in [1.29, 1.82) is 0 Å². The molecule has 1 aromatic heterocycles. The summed E-state index contributed by atoms with van der Waals surface area (Å²) in [5.74, 6) is -2.72. The number of anilines is 1. The van der Waals surface area contributed by atoms with E-state index in [-0.39, 0.29) is 5.91 Å². The summed E-state index contributed by atoms with van der Waals surface area (Å²) in [6.45, 7) is 3.88. The van der Waals surface area contributed by atoms with Crippen molar-refractivity contribution in [3.8, 4) is 11.1 Å². The fourth-order valence-electron chi connectivity index (χ4n) is 1.85. The first-order valence-electron chi connectivity index (χ1n) is 7.26. The molecule has 1 amide bonds. The number of hydrogen-bond acceptors (Lipinski definition) is 3. The number of nitrogens with zero attached hydrogens (tertiary/aromatic N) is 1. The Kier molecular flexibility index (Phi) is 7.10. The molecule has 2 aromatic rings. The Morgan fingerprint density at radius 1 is 1.16 bits per heavy atom. The highest BCUT2D eigenvalue weighted by Gasteiger charge is 2.38. The third-order valence-electron chi connectivity index (χ3n) is 3.07. The number of halogens is 3. The van der Waals surface area contributed by atoms with Gasteiger partial charge in [-0.1, -0.05) is 13.0 Å². The number of alkyl halides is 3. The normalized spacial score (nSPS) is 10.4. The molecule has 134 valence electrons. The summed E-state index contributed by atoms with van der Waals surface area (Å²) in [4.78, 5) is 24.2. The zero-order chi connectivity index (χ0) is 19.0. The molecule has 0 fully saturated rings. The van der Waals surface area contributed by atoms with E-state index >= 15 is 0 Å². The molecular weight excluding hydrogens is 337 g/mol. The fraction of sp³-hybridized carbons (Fsp3) is 0.235. The van der Waals surface area contributed by atoms with Crippen LogP contribution in [-0.4, -0.2) is 28.1 Å². The molecule has 5 nitrogen and oxygen atoms in total. The van der Waals surface area contributed by atoms with Crippen molar-refractivity contribution < 1.29 is 27.9 Å². The minimum atomic E-state index is -5.08. The van der Waals surface area contributed by atoms with E-state index in [1.54, 1.807) is 12.4 Å². The Morgan fingerprint density at radius 3 is 2.16 bits per heavy atom. The smallest absolute Gasteiger partial charge is 0.475 e. The third kappa shape index (κ3) is 6.62. The summed E-state index contributed by atoms with van der Waals surface area (Å²) in [7, 11) is 0. The second kappa shape index (κ2) is 8.81. The number of pyridine rings is 1. The van der Waals surface area contributed by atoms with Crippen LogP contribution >= 0.6 is 0 Å². The van der Waals surface area contributed by atoms with E-state index < -0.39 is 12.1 Å². The van der Waals surface area contributed by atoms with Crippen molar-refractivity contribution >= 4 is 17.6 Å². The molecule has 8 heteroatoms. The van der Waals surface area contributed by atoms with Crippen molar-refractivity contribution in [3.05, 3.63) is 48.3 Å². The number of carbonyl (C=O) groups excluding carboxylic acids is 1. The first-order valence-corrected chi connectivity index (χ1v) is 7.26. The van der Waals surface area contributed by atoms with Gasteiger partial charge in [0, 0.05) is 24.5 Å². The Bertz CT molecular complexity index is 732. The van der Waals surface area contributed by atoms with Crippen molar-refractivity contribution in [3.63, 3.8) is 0 Å². The maximum Gasteiger partial charge on any atom is 0.490 e. The van der Waals surface area contributed by atoms with E-state index in [0.29, 0.717) is 6.42 Å². The van der Waals surface area contributed by atoms with Crippen molar-refractivity contribution in [1.82, 2.24) is 4.98 Å². The molecule has 0 unspecified atom stereocenters. The van der Waals surface area contributed by atoms with Crippen molar-refractivity contribution in [2.24, 2.45) is 0 Å². The van der Waals surface area contributed by atoms with Crippen LogP contribution in [0.15, 0.2) is 42.7 Å². The van der Waals surface area contributed by atoms with Gasteiger partial charge in [0.25, 0.3) is 0 Å². The number of aliphatic carboxylic acids is 1. The number of benzene rings is 1. The molecular formula is C17H17F3N2O3. The Labute approximate surface area is 142 Å². The largest absolute Gasteiger partial charge is 0.490 e. The zero-order valence-corrected chi connectivity index (χ0v) is 13.6. The molecule has 0 saturated heterocycles. The number of rotatable bonds is 3. The monoisotopic (exact) mass is 354 g/mol. The molecule has 0 radical (unpaired) electrons. The van der Waals surface area contributed by atoms with E-state index in [1.807, 2.05) is 44.2 Å². The fourth-order valence-corrected chi connectivity index (χ4v) is 1.85. The van der Waals surface area contributed by atoms with Crippen LogP contribution in [0.25, 0.3) is 11.1 Å². The summed E-state index contributed by atoms with van der Waals surface area (Å²) in [6, 6.07) is 9.90. The second-order valence-electron chi connectivity index (χ2n) is 4.97. The molecule has 2 N–H and O–H groups in total. The topological polar surface area (TPSA) is 79.3 Å². The van der Waals surface area contributed by atoms with Gasteiger partial charge in [-0.25, -0.2) is 4.79 Å². The van der Waals surface area contributed by atoms with E-state index in [2.05, 4.69) is 10.3 Å². The molecule has 0 aliphatic heterocycles. The molecule has 0 saturated carbocycles. The molecule has 0 bridgehead atoms. The lowest BCUT2D eigenvalue weighted by molar-refractivity contribution is -0.192. The third-order valence-corrected chi connectivity index (χ3v) is 3.07. The van der Waals surface area contributed by atoms with Crippen LogP contribution in [0, 0.1) is 6.92 Å². The van der Waals surface area contributed by atoms with Crippen LogP contribution in [0.3, 0.4) is 0 Å². The molecule has 0 spiro atoms. The number of aryl methyl sites for hydroxylation is 1. The maximum atomic E-state index is 11.3. The second-order valence-corrected chi connectivity index (χ2v) is 4.97. The highest BCUT2D eigenvalue weighted by Crippen LogP contribution is 2.25. The standard InChI is InChI=1S/C15H16N2O.C2HF3O2/c1-3-15(18)17-13-4-5-14(11(2)10-13)12-6-8-16-9-7-12;3-2(4,5)1(6)7/h4-10H,3H2,1-2H3,(H,17,18);(H,6,7). The highest BCUT2D eigenvalue weighted by molar-refractivity contribution is 5.91. The number of amides is 1. The zero-order valence-electron chi connectivity index (χ0n) is 13.6. The minimum absolute atomic E-state index is 0.0334. The van der Waals surface area contributed by atoms with Crippen LogP contribution in [0.2, 0.25) is 0 Å². The van der Waals surface area contributed by atoms with Gasteiger partial charge in [-0.15, -0.1) is 0 Å². The van der Waals surface area contributed by atoms with E-state index in [1.165, 1.54) is 0 Å². The van der Waals surface area contributed by atoms with Gasteiger partial charge in [0.2, 0.25) is 5.91 Å². The average Bonchev–Trinajstić information content (AvgIpc) is 2.55. The van der Waals surface area contributed by atoms with Crippen LogP contribution in [0.1, 0.15) is 18.9 Å². The van der Waals surface area contributed by atoms with Gasteiger partial charge in [0.15, 0.2) is 0 Å². The quantitative estimate of drug-likeness (QED) is 0.872. The number of aromatic nitrogens is 1. The summed E-state index contributed by atoms with van der Waals surface area (Å²) < 4.78 is 31.7. The molecule has 1 heterocycles. The Balaban J connectivity index is 0.000000381. The lowest BCUT2D eigenvalue weighted by atomic mass is 10.0. The first kappa shape index (κ1) is 20.1. The van der Waals surface area contributed by atoms with Crippen LogP contribution in [0.4, 0.5) is 18.9 Å². The molecule has 25 heavy (non-hydrogen) atoms. The number of nitrogens with one attached hydrogen (secondary N) is 1. The van der Waals surface area contributed by atoms with Gasteiger partial charge in [-0.2, -0.15) is 13.2 Å². The molecule has 1 aromatic carbocycles. The number of carbonyl (C=O) groups is 2. The van der Waals surface area contributed by atoms with Gasteiger partial charge in [0.05, 0.1) is 0 Å². The molecule has 0 aliphatic rings. The van der Waals surface area contributed by atoms with Crippen LogP contribution < -0.4 is 5.32 Å². The first-order chi connectivity index (χ1) is 11.6. The lowest BCUT2D eigenvalue weighted by Crippen LogP contribution is -2.21. The van der Waals surface area contributed by atoms with Crippen LogP contribution in [-0.2, 0) is 9.59 Å². The van der Waals surface area contributed by atoms with E-state index in [4.69, 9.17) is 9.90 Å². The van der Waals surface area contributed by atoms with E-state index in [0.717, 1.165) is 22.4 Å². The summed E-state index contributed by atoms with van der Waals surface area (Å²) in [5, 5.41) is 9.98. The summed E-state index contributed by atoms with van der Waals surface area (Å²) >= 11 is 0. The molecule has 2 rings (SSSR count). The van der Waals surface area contributed by atoms with Crippen molar-refractivity contribution in [2.75, 3.05) is 5.32 Å².